The van der Waals surface area contributed by atoms with Gasteiger partial charge in [-0.2, -0.15) is 0 Å². The SMILES string of the molecule is O=[N+]([O-])c1cncnc1NC(Cl)C1CCCCC1. The van der Waals surface area contributed by atoms with Gasteiger partial charge in [0.15, 0.2) is 0 Å². The standard InChI is InChI=1S/C11H15ClN4O2/c12-10(8-4-2-1-3-5-8)15-11-9(16(17)18)6-13-7-14-11/h6-8,10H,1-5H2,(H,13,14,15). The lowest BCUT2D eigenvalue weighted by Gasteiger charge is -2.26. The average Bonchev–Trinajstić information content (AvgIpc) is 2.40. The smallest absolute Gasteiger partial charge is 0.329 e. The number of halogens is 1. The minimum Gasteiger partial charge on any atom is -0.348 e. The molecule has 1 unspecified atom stereocenters. The first-order valence-electron chi connectivity index (χ1n) is 6.03. The van der Waals surface area contributed by atoms with E-state index in [1.54, 1.807) is 0 Å². The van der Waals surface area contributed by atoms with Gasteiger partial charge in [0.1, 0.15) is 18.0 Å². The van der Waals surface area contributed by atoms with E-state index in [0.717, 1.165) is 12.8 Å². The molecule has 1 aromatic heterocycles. The maximum Gasteiger partial charge on any atom is 0.329 e. The van der Waals surface area contributed by atoms with Gasteiger partial charge in [0.05, 0.1) is 4.92 Å². The molecular weight excluding hydrogens is 256 g/mol. The normalized spacial score (nSPS) is 18.3. The van der Waals surface area contributed by atoms with Gasteiger partial charge in [-0.05, 0) is 18.8 Å². The number of alkyl halides is 1. The third kappa shape index (κ3) is 3.07. The van der Waals surface area contributed by atoms with Gasteiger partial charge in [-0.15, -0.1) is 0 Å². The van der Waals surface area contributed by atoms with Gasteiger partial charge in [-0.3, -0.25) is 10.1 Å². The molecule has 1 atom stereocenters. The molecule has 1 aliphatic rings. The number of nitro groups is 1. The highest BCUT2D eigenvalue weighted by Gasteiger charge is 2.24. The summed E-state index contributed by atoms with van der Waals surface area (Å²) >= 11 is 6.28. The van der Waals surface area contributed by atoms with Crippen LogP contribution in [-0.2, 0) is 0 Å². The number of anilines is 1. The minimum absolute atomic E-state index is 0.140. The lowest BCUT2D eigenvalue weighted by Crippen LogP contribution is -2.26. The van der Waals surface area contributed by atoms with E-state index in [-0.39, 0.29) is 17.0 Å². The molecule has 0 amide bonds. The predicted octanol–water partition coefficient (Wildman–Crippen LogP) is 2.94. The fourth-order valence-corrected chi connectivity index (χ4v) is 2.60. The van der Waals surface area contributed by atoms with Crippen molar-refractivity contribution in [3.05, 3.63) is 22.6 Å². The third-order valence-electron chi connectivity index (χ3n) is 3.23. The van der Waals surface area contributed by atoms with Crippen molar-refractivity contribution in [2.45, 2.75) is 37.6 Å². The van der Waals surface area contributed by atoms with Crippen molar-refractivity contribution in [1.29, 1.82) is 0 Å². The minimum atomic E-state index is -0.507. The van der Waals surface area contributed by atoms with E-state index in [2.05, 4.69) is 15.3 Å². The Bertz CT molecular complexity index is 423. The second-order valence-electron chi connectivity index (χ2n) is 4.46. The van der Waals surface area contributed by atoms with Crippen LogP contribution < -0.4 is 5.32 Å². The number of nitrogens with one attached hydrogen (secondary N) is 1. The molecule has 6 nitrogen and oxygen atoms in total. The molecule has 1 heterocycles. The lowest BCUT2D eigenvalue weighted by molar-refractivity contribution is -0.384. The maximum absolute atomic E-state index is 10.8. The second kappa shape index (κ2) is 5.95. The molecule has 0 aliphatic heterocycles. The second-order valence-corrected chi connectivity index (χ2v) is 4.93. The van der Waals surface area contributed by atoms with Crippen LogP contribution >= 0.6 is 11.6 Å². The van der Waals surface area contributed by atoms with Gasteiger partial charge in [0.25, 0.3) is 0 Å². The summed E-state index contributed by atoms with van der Waals surface area (Å²) in [5, 5.41) is 13.8. The number of hydrogen-bond acceptors (Lipinski definition) is 5. The average molecular weight is 271 g/mol. The molecule has 98 valence electrons. The van der Waals surface area contributed by atoms with Crippen LogP contribution in [0.3, 0.4) is 0 Å². The zero-order valence-electron chi connectivity index (χ0n) is 9.88. The first-order chi connectivity index (χ1) is 8.68. The van der Waals surface area contributed by atoms with Crippen LogP contribution in [0, 0.1) is 16.0 Å². The molecule has 1 saturated carbocycles. The van der Waals surface area contributed by atoms with Gasteiger partial charge in [0.2, 0.25) is 5.82 Å². The van der Waals surface area contributed by atoms with Gasteiger partial charge in [-0.1, -0.05) is 30.9 Å². The van der Waals surface area contributed by atoms with Crippen LogP contribution in [-0.4, -0.2) is 20.4 Å². The Labute approximate surface area is 110 Å². The molecule has 0 saturated heterocycles. The summed E-state index contributed by atoms with van der Waals surface area (Å²) in [7, 11) is 0. The van der Waals surface area contributed by atoms with E-state index in [1.807, 2.05) is 0 Å². The number of hydrogen-bond donors (Lipinski definition) is 1. The molecule has 0 aromatic carbocycles. The molecule has 1 N–H and O–H groups in total. The quantitative estimate of drug-likeness (QED) is 0.394. The molecule has 0 bridgehead atoms. The maximum atomic E-state index is 10.8. The van der Waals surface area contributed by atoms with E-state index in [0.29, 0.717) is 5.92 Å². The van der Waals surface area contributed by atoms with Gasteiger partial charge in [0, 0.05) is 0 Å². The Morgan fingerprint density at radius 3 is 2.83 bits per heavy atom. The molecule has 7 heteroatoms. The van der Waals surface area contributed by atoms with Crippen molar-refractivity contribution in [3.8, 4) is 0 Å². The monoisotopic (exact) mass is 270 g/mol. The van der Waals surface area contributed by atoms with Crippen LogP contribution in [0.5, 0.6) is 0 Å². The highest BCUT2D eigenvalue weighted by Crippen LogP contribution is 2.31. The Kier molecular flexibility index (Phi) is 4.30. The van der Waals surface area contributed by atoms with E-state index in [9.17, 15) is 10.1 Å². The highest BCUT2D eigenvalue weighted by molar-refractivity contribution is 6.21. The Morgan fingerprint density at radius 2 is 2.17 bits per heavy atom. The molecule has 1 aromatic rings. The van der Waals surface area contributed by atoms with Gasteiger partial charge >= 0.3 is 5.69 Å². The summed E-state index contributed by atoms with van der Waals surface area (Å²) in [4.78, 5) is 17.9. The highest BCUT2D eigenvalue weighted by atomic mass is 35.5. The van der Waals surface area contributed by atoms with Crippen molar-refractivity contribution in [2.24, 2.45) is 5.92 Å². The zero-order chi connectivity index (χ0) is 13.0. The Balaban J connectivity index is 2.06. The van der Waals surface area contributed by atoms with E-state index in [4.69, 9.17) is 11.6 Å². The fourth-order valence-electron chi connectivity index (χ4n) is 2.24. The van der Waals surface area contributed by atoms with Crippen molar-refractivity contribution in [2.75, 3.05) is 5.32 Å². The van der Waals surface area contributed by atoms with E-state index < -0.39 is 4.92 Å². The van der Waals surface area contributed by atoms with Crippen molar-refractivity contribution in [3.63, 3.8) is 0 Å². The number of rotatable bonds is 4. The third-order valence-corrected chi connectivity index (χ3v) is 3.69. The summed E-state index contributed by atoms with van der Waals surface area (Å²) < 4.78 is 0. The lowest BCUT2D eigenvalue weighted by atomic mass is 9.89. The Hall–Kier alpha value is -1.43. The van der Waals surface area contributed by atoms with Crippen molar-refractivity contribution in [1.82, 2.24) is 9.97 Å². The van der Waals surface area contributed by atoms with Gasteiger partial charge < -0.3 is 5.32 Å². The van der Waals surface area contributed by atoms with Crippen LogP contribution in [0.4, 0.5) is 11.5 Å². The largest absolute Gasteiger partial charge is 0.348 e. The topological polar surface area (TPSA) is 81.0 Å². The van der Waals surface area contributed by atoms with Crippen LogP contribution in [0.15, 0.2) is 12.5 Å². The Morgan fingerprint density at radius 1 is 1.44 bits per heavy atom. The predicted molar refractivity (Wildman–Crippen MR) is 68.5 cm³/mol. The number of aromatic nitrogens is 2. The van der Waals surface area contributed by atoms with E-state index >= 15 is 0 Å². The summed E-state index contributed by atoms with van der Waals surface area (Å²) in [5.41, 5.74) is -0.460. The van der Waals surface area contributed by atoms with Crippen molar-refractivity contribution < 1.29 is 4.92 Å². The zero-order valence-corrected chi connectivity index (χ0v) is 10.6. The molecule has 0 radical (unpaired) electrons. The first kappa shape index (κ1) is 13.0. The summed E-state index contributed by atoms with van der Waals surface area (Å²) in [6.07, 6.45) is 8.15. The van der Waals surface area contributed by atoms with Crippen LogP contribution in [0.2, 0.25) is 0 Å². The van der Waals surface area contributed by atoms with E-state index in [1.165, 1.54) is 31.8 Å². The van der Waals surface area contributed by atoms with Crippen molar-refractivity contribution >= 4 is 23.1 Å². The molecule has 1 fully saturated rings. The first-order valence-corrected chi connectivity index (χ1v) is 6.47. The molecular formula is C11H15ClN4O2. The molecule has 2 rings (SSSR count). The fraction of sp³-hybridized carbons (Fsp3) is 0.636. The summed E-state index contributed by atoms with van der Waals surface area (Å²) in [5.74, 6) is 0.538. The van der Waals surface area contributed by atoms with Gasteiger partial charge in [-0.25, -0.2) is 9.97 Å². The molecule has 1 aliphatic carbocycles. The molecule has 0 spiro atoms. The number of nitrogens with zero attached hydrogens (tertiary/aromatic N) is 3. The summed E-state index contributed by atoms with van der Waals surface area (Å²) in [6, 6.07) is 0. The molecule has 18 heavy (non-hydrogen) atoms. The summed E-state index contributed by atoms with van der Waals surface area (Å²) in [6.45, 7) is 0. The van der Waals surface area contributed by atoms with Crippen LogP contribution in [0.1, 0.15) is 32.1 Å². The van der Waals surface area contributed by atoms with Crippen LogP contribution in [0.25, 0.3) is 0 Å².